The van der Waals surface area contributed by atoms with Crippen molar-refractivity contribution < 1.29 is 19.1 Å². The van der Waals surface area contributed by atoms with Gasteiger partial charge >= 0.3 is 0 Å². The number of hydrazine groups is 1. The maximum Gasteiger partial charge on any atom is 0.276 e. The molecule has 0 bridgehead atoms. The van der Waals surface area contributed by atoms with Gasteiger partial charge in [0, 0.05) is 9.50 Å². The van der Waals surface area contributed by atoms with Crippen LogP contribution in [0.4, 0.5) is 0 Å². The highest BCUT2D eigenvalue weighted by Crippen LogP contribution is 2.28. The van der Waals surface area contributed by atoms with Crippen molar-refractivity contribution in [3.63, 3.8) is 0 Å². The van der Waals surface area contributed by atoms with E-state index in [9.17, 15) is 9.59 Å². The molecule has 29 heavy (non-hydrogen) atoms. The van der Waals surface area contributed by atoms with E-state index in [-0.39, 0.29) is 18.3 Å². The molecule has 0 aromatic heterocycles. The van der Waals surface area contributed by atoms with Crippen molar-refractivity contribution in [2.45, 2.75) is 6.92 Å². The summed E-state index contributed by atoms with van der Waals surface area (Å²) >= 11 is 17.5. The predicted octanol–water partition coefficient (Wildman–Crippen LogP) is 3.65. The molecule has 0 aliphatic heterocycles. The Kier molecular flexibility index (Phi) is 9.15. The van der Waals surface area contributed by atoms with Crippen LogP contribution in [-0.2, 0) is 9.59 Å². The van der Waals surface area contributed by atoms with E-state index in [0.717, 1.165) is 10.0 Å². The molecule has 11 heteroatoms. The Hall–Kier alpha value is -1.88. The first-order valence-corrected chi connectivity index (χ1v) is 10.5. The van der Waals surface area contributed by atoms with Crippen LogP contribution in [0.5, 0.6) is 11.5 Å². The molecule has 0 atom stereocenters. The minimum absolute atomic E-state index is 0.0792. The number of rotatable bonds is 6. The van der Waals surface area contributed by atoms with E-state index in [1.165, 1.54) is 0 Å². The molecule has 0 saturated heterocycles. The van der Waals surface area contributed by atoms with Crippen LogP contribution < -0.4 is 25.6 Å². The SMILES string of the molecule is Cc1cc(Cl)ccc1OCC(=O)NNC(=S)NC(=O)COc1ccc(Br)cc1Br. The molecule has 2 aromatic rings. The van der Waals surface area contributed by atoms with E-state index in [4.69, 9.17) is 33.3 Å². The largest absolute Gasteiger partial charge is 0.483 e. The summed E-state index contributed by atoms with van der Waals surface area (Å²) in [5.41, 5.74) is 5.55. The smallest absolute Gasteiger partial charge is 0.276 e. The number of halogens is 3. The number of aryl methyl sites for hydroxylation is 1. The van der Waals surface area contributed by atoms with Gasteiger partial charge < -0.3 is 9.47 Å². The summed E-state index contributed by atoms with van der Waals surface area (Å²) in [5, 5.41) is 2.89. The molecule has 2 amide bonds. The fourth-order valence-corrected chi connectivity index (χ4v) is 3.56. The normalized spacial score (nSPS) is 10.1. The van der Waals surface area contributed by atoms with Crippen LogP contribution >= 0.6 is 55.7 Å². The van der Waals surface area contributed by atoms with E-state index in [2.05, 4.69) is 48.0 Å². The van der Waals surface area contributed by atoms with Crippen LogP contribution in [0.25, 0.3) is 0 Å². The van der Waals surface area contributed by atoms with Gasteiger partial charge in [-0.05, 0) is 77.0 Å². The van der Waals surface area contributed by atoms with Gasteiger partial charge in [-0.25, -0.2) is 0 Å². The zero-order valence-corrected chi connectivity index (χ0v) is 19.8. The maximum absolute atomic E-state index is 11.9. The lowest BCUT2D eigenvalue weighted by molar-refractivity contribution is -0.124. The van der Waals surface area contributed by atoms with Crippen molar-refractivity contribution >= 4 is 72.6 Å². The monoisotopic (exact) mass is 563 g/mol. The minimum Gasteiger partial charge on any atom is -0.483 e. The van der Waals surface area contributed by atoms with Crippen LogP contribution in [-0.4, -0.2) is 30.1 Å². The van der Waals surface area contributed by atoms with Crippen molar-refractivity contribution in [2.75, 3.05) is 13.2 Å². The second-order valence-electron chi connectivity index (χ2n) is 5.61. The zero-order valence-electron chi connectivity index (χ0n) is 15.1. The Labute approximate surface area is 194 Å². The fourth-order valence-electron chi connectivity index (χ4n) is 2.01. The average molecular weight is 566 g/mol. The Morgan fingerprint density at radius 2 is 1.66 bits per heavy atom. The summed E-state index contributed by atoms with van der Waals surface area (Å²) in [4.78, 5) is 23.7. The van der Waals surface area contributed by atoms with Gasteiger partial charge in [0.1, 0.15) is 11.5 Å². The van der Waals surface area contributed by atoms with Crippen LogP contribution in [0.15, 0.2) is 45.3 Å². The summed E-state index contributed by atoms with van der Waals surface area (Å²) in [5.74, 6) is 0.0763. The van der Waals surface area contributed by atoms with Gasteiger partial charge in [-0.3, -0.25) is 25.8 Å². The van der Waals surface area contributed by atoms with Crippen LogP contribution in [0, 0.1) is 6.92 Å². The van der Waals surface area contributed by atoms with Crippen molar-refractivity contribution in [1.29, 1.82) is 0 Å². The van der Waals surface area contributed by atoms with E-state index in [1.807, 2.05) is 6.92 Å². The molecule has 2 rings (SSSR count). The third kappa shape index (κ3) is 8.17. The molecule has 0 aliphatic rings. The average Bonchev–Trinajstić information content (AvgIpc) is 2.65. The van der Waals surface area contributed by atoms with Gasteiger partial charge in [0.05, 0.1) is 4.47 Å². The van der Waals surface area contributed by atoms with Crippen LogP contribution in [0.2, 0.25) is 5.02 Å². The van der Waals surface area contributed by atoms with E-state index in [0.29, 0.717) is 21.0 Å². The van der Waals surface area contributed by atoms with Gasteiger partial charge in [-0.1, -0.05) is 27.5 Å². The second-order valence-corrected chi connectivity index (χ2v) is 8.23. The third-order valence-electron chi connectivity index (χ3n) is 3.32. The molecular formula is C18H16Br2ClN3O4S. The Morgan fingerprint density at radius 3 is 2.34 bits per heavy atom. The molecular weight excluding hydrogens is 550 g/mol. The molecule has 0 saturated carbocycles. The van der Waals surface area contributed by atoms with Gasteiger partial charge in [0.2, 0.25) is 0 Å². The summed E-state index contributed by atoms with van der Waals surface area (Å²) in [6.07, 6.45) is 0. The number of hydrogen-bond donors (Lipinski definition) is 3. The first-order valence-electron chi connectivity index (χ1n) is 8.10. The molecule has 3 N–H and O–H groups in total. The highest BCUT2D eigenvalue weighted by atomic mass is 79.9. The Morgan fingerprint density at radius 1 is 1.00 bits per heavy atom. The Balaban J connectivity index is 1.68. The lowest BCUT2D eigenvalue weighted by atomic mass is 10.2. The third-order valence-corrected chi connectivity index (χ3v) is 4.87. The number of ether oxygens (including phenoxy) is 2. The van der Waals surface area contributed by atoms with E-state index < -0.39 is 11.8 Å². The Bertz CT molecular complexity index is 930. The first-order chi connectivity index (χ1) is 13.7. The summed E-state index contributed by atoms with van der Waals surface area (Å²) in [6.45, 7) is 1.32. The maximum atomic E-state index is 11.9. The van der Waals surface area contributed by atoms with E-state index in [1.54, 1.807) is 36.4 Å². The van der Waals surface area contributed by atoms with Crippen molar-refractivity contribution in [3.05, 3.63) is 55.9 Å². The minimum atomic E-state index is -0.486. The van der Waals surface area contributed by atoms with Crippen LogP contribution in [0.3, 0.4) is 0 Å². The van der Waals surface area contributed by atoms with Crippen LogP contribution in [0.1, 0.15) is 5.56 Å². The van der Waals surface area contributed by atoms with Gasteiger partial charge in [0.25, 0.3) is 11.8 Å². The van der Waals surface area contributed by atoms with Gasteiger partial charge in [-0.2, -0.15) is 0 Å². The van der Waals surface area contributed by atoms with Crippen molar-refractivity contribution in [1.82, 2.24) is 16.2 Å². The van der Waals surface area contributed by atoms with Crippen molar-refractivity contribution in [2.24, 2.45) is 0 Å². The summed E-state index contributed by atoms with van der Waals surface area (Å²) < 4.78 is 12.4. The lowest BCUT2D eigenvalue weighted by Crippen LogP contribution is -2.50. The number of nitrogens with one attached hydrogen (secondary N) is 3. The topological polar surface area (TPSA) is 88.7 Å². The molecule has 7 nitrogen and oxygen atoms in total. The number of carbonyl (C=O) groups is 2. The fraction of sp³-hybridized carbons (Fsp3) is 0.167. The molecule has 0 spiro atoms. The summed E-state index contributed by atoms with van der Waals surface area (Å²) in [6, 6.07) is 10.4. The van der Waals surface area contributed by atoms with Gasteiger partial charge in [-0.15, -0.1) is 0 Å². The highest BCUT2D eigenvalue weighted by molar-refractivity contribution is 9.11. The molecule has 2 aromatic carbocycles. The molecule has 0 fully saturated rings. The number of amides is 2. The highest BCUT2D eigenvalue weighted by Gasteiger charge is 2.10. The number of benzene rings is 2. The number of carbonyl (C=O) groups excluding carboxylic acids is 2. The second kappa shape index (κ2) is 11.3. The molecule has 154 valence electrons. The number of thiocarbonyl (C=S) groups is 1. The zero-order chi connectivity index (χ0) is 21.4. The predicted molar refractivity (Wildman–Crippen MR) is 121 cm³/mol. The molecule has 0 unspecified atom stereocenters. The van der Waals surface area contributed by atoms with Gasteiger partial charge in [0.15, 0.2) is 18.3 Å². The first kappa shape index (κ1) is 23.4. The van der Waals surface area contributed by atoms with E-state index >= 15 is 0 Å². The van der Waals surface area contributed by atoms with Crippen molar-refractivity contribution in [3.8, 4) is 11.5 Å². The lowest BCUT2D eigenvalue weighted by Gasteiger charge is -2.13. The standard InChI is InChI=1S/C18H16Br2ClN3O4S/c1-10-6-12(21)3-5-14(10)27-9-17(26)23-24-18(29)22-16(25)8-28-15-4-2-11(19)7-13(15)20/h2-7H,8-9H2,1H3,(H,23,26)(H2,22,24,25,29). The molecule has 0 radical (unpaired) electrons. The number of hydrogen-bond acceptors (Lipinski definition) is 5. The molecule has 0 heterocycles. The summed E-state index contributed by atoms with van der Waals surface area (Å²) in [7, 11) is 0. The molecule has 0 aliphatic carbocycles. The quantitative estimate of drug-likeness (QED) is 0.366.